The summed E-state index contributed by atoms with van der Waals surface area (Å²) in [6.45, 7) is 6.21. The largest absolute Gasteiger partial charge is 0.478 e. The first-order valence-corrected chi connectivity index (χ1v) is 6.55. The smallest absolute Gasteiger partial charge is 0.335 e. The zero-order valence-corrected chi connectivity index (χ0v) is 11.6. The van der Waals surface area contributed by atoms with Crippen LogP contribution in [0.2, 0.25) is 0 Å². The molecule has 0 saturated carbocycles. The van der Waals surface area contributed by atoms with Gasteiger partial charge in [-0.1, -0.05) is 32.9 Å². The van der Waals surface area contributed by atoms with Crippen LogP contribution in [0.5, 0.6) is 0 Å². The fraction of sp³-hybridized carbons (Fsp3) is 0.467. The summed E-state index contributed by atoms with van der Waals surface area (Å²) in [6, 6.07) is 6.58. The van der Waals surface area contributed by atoms with Crippen LogP contribution in [-0.2, 0) is 11.2 Å². The van der Waals surface area contributed by atoms with Crippen molar-refractivity contribution < 1.29 is 14.7 Å². The van der Waals surface area contributed by atoms with Crippen molar-refractivity contribution in [2.75, 3.05) is 0 Å². The number of carbonyl (C=O) groups is 2. The Morgan fingerprint density at radius 1 is 1.21 bits per heavy atom. The van der Waals surface area contributed by atoms with E-state index in [4.69, 9.17) is 5.11 Å². The Balaban J connectivity index is 2.59. The topological polar surface area (TPSA) is 66.4 Å². The third kappa shape index (κ3) is 4.73. The maximum Gasteiger partial charge on any atom is 0.335 e. The molecule has 0 radical (unpaired) electrons. The summed E-state index contributed by atoms with van der Waals surface area (Å²) in [5.74, 6) is -0.575. The lowest BCUT2D eigenvalue weighted by atomic mass is 10.0. The summed E-state index contributed by atoms with van der Waals surface area (Å²) >= 11 is 0. The number of rotatable bonds is 6. The fourth-order valence-corrected chi connectivity index (χ4v) is 1.95. The van der Waals surface area contributed by atoms with Gasteiger partial charge in [-0.2, -0.15) is 0 Å². The Morgan fingerprint density at radius 2 is 1.79 bits per heavy atom. The molecule has 104 valence electrons. The number of amides is 1. The van der Waals surface area contributed by atoms with Gasteiger partial charge in [-0.25, -0.2) is 4.79 Å². The van der Waals surface area contributed by atoms with Gasteiger partial charge in [-0.15, -0.1) is 0 Å². The van der Waals surface area contributed by atoms with E-state index in [1.165, 1.54) is 12.1 Å². The highest BCUT2D eigenvalue weighted by Gasteiger charge is 2.14. The summed E-state index contributed by atoms with van der Waals surface area (Å²) in [5, 5.41) is 11.8. The Labute approximate surface area is 113 Å². The second-order valence-corrected chi connectivity index (χ2v) is 5.01. The maximum absolute atomic E-state index is 11.9. The predicted octanol–water partition coefficient (Wildman–Crippen LogP) is 2.48. The molecule has 1 rings (SSSR count). The molecule has 0 bridgehead atoms. The molecule has 2 N–H and O–H groups in total. The zero-order chi connectivity index (χ0) is 14.4. The number of nitrogens with one attached hydrogen (secondary N) is 1. The molecule has 0 aliphatic carbocycles. The summed E-state index contributed by atoms with van der Waals surface area (Å²) < 4.78 is 0. The minimum absolute atomic E-state index is 0.0244. The van der Waals surface area contributed by atoms with Gasteiger partial charge in [-0.3, -0.25) is 4.79 Å². The molecule has 0 aliphatic rings. The standard InChI is InChI=1S/C15H21NO3/c1-4-13(10(2)3)16-14(17)9-11-5-7-12(8-6-11)15(18)19/h5-8,10,13H,4,9H2,1-3H3,(H,16,17)(H,18,19). The Morgan fingerprint density at radius 3 is 2.21 bits per heavy atom. The number of carboxylic acids is 1. The number of carboxylic acid groups (broad SMARTS) is 1. The molecule has 0 aromatic heterocycles. The van der Waals surface area contributed by atoms with Gasteiger partial charge in [0, 0.05) is 6.04 Å². The van der Waals surface area contributed by atoms with Crippen LogP contribution in [0.3, 0.4) is 0 Å². The zero-order valence-electron chi connectivity index (χ0n) is 11.6. The third-order valence-corrected chi connectivity index (χ3v) is 3.16. The van der Waals surface area contributed by atoms with E-state index in [0.717, 1.165) is 12.0 Å². The number of aromatic carboxylic acids is 1. The molecule has 1 atom stereocenters. The number of benzene rings is 1. The SMILES string of the molecule is CCC(NC(=O)Cc1ccc(C(=O)O)cc1)C(C)C. The van der Waals surface area contributed by atoms with Gasteiger partial charge in [0.2, 0.25) is 5.91 Å². The van der Waals surface area contributed by atoms with Gasteiger partial charge in [0.15, 0.2) is 0 Å². The van der Waals surface area contributed by atoms with E-state index in [-0.39, 0.29) is 23.9 Å². The molecule has 1 amide bonds. The molecule has 1 unspecified atom stereocenters. The minimum Gasteiger partial charge on any atom is -0.478 e. The Hall–Kier alpha value is -1.84. The highest BCUT2D eigenvalue weighted by Crippen LogP contribution is 2.08. The fourth-order valence-electron chi connectivity index (χ4n) is 1.95. The summed E-state index contributed by atoms with van der Waals surface area (Å²) in [5.41, 5.74) is 1.05. The second-order valence-electron chi connectivity index (χ2n) is 5.01. The second kappa shape index (κ2) is 6.92. The molecule has 19 heavy (non-hydrogen) atoms. The van der Waals surface area contributed by atoms with Gasteiger partial charge in [0.1, 0.15) is 0 Å². The quantitative estimate of drug-likeness (QED) is 0.828. The van der Waals surface area contributed by atoms with Crippen LogP contribution in [0.4, 0.5) is 0 Å². The van der Waals surface area contributed by atoms with E-state index in [2.05, 4.69) is 19.2 Å². The maximum atomic E-state index is 11.9. The first-order chi connectivity index (χ1) is 8.93. The van der Waals surface area contributed by atoms with Crippen LogP contribution in [-0.4, -0.2) is 23.0 Å². The monoisotopic (exact) mass is 263 g/mol. The third-order valence-electron chi connectivity index (χ3n) is 3.16. The van der Waals surface area contributed by atoms with Gasteiger partial charge < -0.3 is 10.4 Å². The van der Waals surface area contributed by atoms with Crippen LogP contribution in [0, 0.1) is 5.92 Å². The summed E-state index contributed by atoms with van der Waals surface area (Å²) in [7, 11) is 0. The van der Waals surface area contributed by atoms with E-state index < -0.39 is 5.97 Å². The highest BCUT2D eigenvalue weighted by atomic mass is 16.4. The Kier molecular flexibility index (Phi) is 5.55. The lowest BCUT2D eigenvalue weighted by Crippen LogP contribution is -2.38. The van der Waals surface area contributed by atoms with E-state index in [9.17, 15) is 9.59 Å². The van der Waals surface area contributed by atoms with Gasteiger partial charge >= 0.3 is 5.97 Å². The van der Waals surface area contributed by atoms with Crippen molar-refractivity contribution in [1.29, 1.82) is 0 Å². The van der Waals surface area contributed by atoms with Crippen molar-refractivity contribution in [1.82, 2.24) is 5.32 Å². The lowest BCUT2D eigenvalue weighted by molar-refractivity contribution is -0.121. The molecule has 0 aliphatic heterocycles. The van der Waals surface area contributed by atoms with Crippen molar-refractivity contribution in [3.05, 3.63) is 35.4 Å². The van der Waals surface area contributed by atoms with E-state index in [0.29, 0.717) is 5.92 Å². The first-order valence-electron chi connectivity index (χ1n) is 6.55. The molecule has 0 heterocycles. The number of hydrogen-bond acceptors (Lipinski definition) is 2. The molecule has 4 heteroatoms. The predicted molar refractivity (Wildman–Crippen MR) is 74.2 cm³/mol. The average Bonchev–Trinajstić information content (AvgIpc) is 2.36. The van der Waals surface area contributed by atoms with Gasteiger partial charge in [0.25, 0.3) is 0 Å². The molecule has 4 nitrogen and oxygen atoms in total. The molecule has 0 fully saturated rings. The normalized spacial score (nSPS) is 12.2. The van der Waals surface area contributed by atoms with E-state index in [1.807, 2.05) is 6.92 Å². The molecule has 0 spiro atoms. The van der Waals surface area contributed by atoms with Crippen molar-refractivity contribution >= 4 is 11.9 Å². The van der Waals surface area contributed by atoms with Crippen molar-refractivity contribution in [3.63, 3.8) is 0 Å². The van der Waals surface area contributed by atoms with Crippen LogP contribution >= 0.6 is 0 Å². The first kappa shape index (κ1) is 15.2. The van der Waals surface area contributed by atoms with Crippen molar-refractivity contribution in [3.8, 4) is 0 Å². The van der Waals surface area contributed by atoms with E-state index >= 15 is 0 Å². The van der Waals surface area contributed by atoms with Crippen LogP contribution in [0.1, 0.15) is 43.1 Å². The van der Waals surface area contributed by atoms with Crippen LogP contribution < -0.4 is 5.32 Å². The molecule has 1 aromatic rings. The van der Waals surface area contributed by atoms with Crippen molar-refractivity contribution in [2.24, 2.45) is 5.92 Å². The highest BCUT2D eigenvalue weighted by molar-refractivity contribution is 5.87. The number of carbonyl (C=O) groups excluding carboxylic acids is 1. The minimum atomic E-state index is -0.957. The van der Waals surface area contributed by atoms with E-state index in [1.54, 1.807) is 12.1 Å². The average molecular weight is 263 g/mol. The lowest BCUT2D eigenvalue weighted by Gasteiger charge is -2.20. The van der Waals surface area contributed by atoms with Gasteiger partial charge in [-0.05, 0) is 30.0 Å². The van der Waals surface area contributed by atoms with Crippen molar-refractivity contribution in [2.45, 2.75) is 39.7 Å². The van der Waals surface area contributed by atoms with Gasteiger partial charge in [0.05, 0.1) is 12.0 Å². The Bertz CT molecular complexity index is 437. The summed E-state index contributed by atoms with van der Waals surface area (Å²) in [6.07, 6.45) is 1.18. The molecular formula is C15H21NO3. The molecular weight excluding hydrogens is 242 g/mol. The summed E-state index contributed by atoms with van der Waals surface area (Å²) in [4.78, 5) is 22.6. The van der Waals surface area contributed by atoms with Crippen LogP contribution in [0.25, 0.3) is 0 Å². The van der Waals surface area contributed by atoms with Crippen LogP contribution in [0.15, 0.2) is 24.3 Å². The molecule has 1 aromatic carbocycles. The number of hydrogen-bond donors (Lipinski definition) is 2. The molecule has 0 saturated heterocycles.